The molecule has 1 atom stereocenters. The van der Waals surface area contributed by atoms with Crippen molar-refractivity contribution >= 4 is 17.6 Å². The highest BCUT2D eigenvalue weighted by Gasteiger charge is 2.21. The molecule has 0 radical (unpaired) electrons. The second-order valence-electron chi connectivity index (χ2n) is 9.78. The van der Waals surface area contributed by atoms with Crippen LogP contribution < -0.4 is 5.73 Å². The first-order chi connectivity index (χ1) is 18.4. The minimum atomic E-state index is -0.660. The third-order valence-electron chi connectivity index (χ3n) is 6.35. The molecule has 0 fully saturated rings. The number of benzene rings is 2. The van der Waals surface area contributed by atoms with Gasteiger partial charge in [-0.1, -0.05) is 87.3 Å². The minimum Gasteiger partial charge on any atom is -0.458 e. The first-order valence-electron chi connectivity index (χ1n) is 13.0. The first-order valence-corrected chi connectivity index (χ1v) is 13.3. The summed E-state index contributed by atoms with van der Waals surface area (Å²) < 4.78 is 7.62. The quantitative estimate of drug-likeness (QED) is 0.239. The van der Waals surface area contributed by atoms with Gasteiger partial charge in [0.1, 0.15) is 18.5 Å². The summed E-state index contributed by atoms with van der Waals surface area (Å²) in [5.74, 6) is 1.29. The maximum atomic E-state index is 12.5. The van der Waals surface area contributed by atoms with Gasteiger partial charge in [0.2, 0.25) is 5.82 Å². The number of H-pyrrole nitrogens is 1. The number of hydrogen-bond acceptors (Lipinski definition) is 7. The Morgan fingerprint density at radius 1 is 1.13 bits per heavy atom. The second kappa shape index (κ2) is 12.8. The SMILES string of the molecule is CCCCc1nc(Cl)c(COC(=O)[C@@H](N)CC(C)C)n1Cc1ccc(-c2ccccc2-c2nn[nH]n2)cc1. The topological polar surface area (TPSA) is 125 Å². The summed E-state index contributed by atoms with van der Waals surface area (Å²) >= 11 is 6.54. The number of carbonyl (C=O) groups is 1. The minimum absolute atomic E-state index is 0.0265. The Morgan fingerprint density at radius 3 is 2.53 bits per heavy atom. The van der Waals surface area contributed by atoms with E-state index in [9.17, 15) is 4.79 Å². The third kappa shape index (κ3) is 6.65. The number of carbonyl (C=O) groups excluding carboxylic acids is 1. The van der Waals surface area contributed by atoms with Crippen molar-refractivity contribution < 1.29 is 9.53 Å². The van der Waals surface area contributed by atoms with E-state index in [1.807, 2.05) is 38.1 Å². The number of nitrogens with one attached hydrogen (secondary N) is 1. The van der Waals surface area contributed by atoms with Gasteiger partial charge in [0, 0.05) is 18.5 Å². The van der Waals surface area contributed by atoms with Gasteiger partial charge in [-0.05, 0) is 40.7 Å². The van der Waals surface area contributed by atoms with Gasteiger partial charge >= 0.3 is 5.97 Å². The number of hydrogen-bond donors (Lipinski definition) is 2. The highest BCUT2D eigenvalue weighted by Crippen LogP contribution is 2.30. The highest BCUT2D eigenvalue weighted by atomic mass is 35.5. The Hall–Kier alpha value is -3.56. The Bertz CT molecular complexity index is 1330. The lowest BCUT2D eigenvalue weighted by atomic mass is 9.98. The van der Waals surface area contributed by atoms with E-state index in [2.05, 4.69) is 61.4 Å². The summed E-state index contributed by atoms with van der Waals surface area (Å²) in [5.41, 5.74) is 10.7. The van der Waals surface area contributed by atoms with Crippen molar-refractivity contribution in [2.24, 2.45) is 11.7 Å². The number of halogens is 1. The molecule has 2 aromatic carbocycles. The average molecular weight is 536 g/mol. The maximum absolute atomic E-state index is 12.5. The summed E-state index contributed by atoms with van der Waals surface area (Å²) in [4.78, 5) is 17.1. The van der Waals surface area contributed by atoms with E-state index in [0.717, 1.165) is 47.3 Å². The van der Waals surface area contributed by atoms with Crippen LogP contribution in [0.4, 0.5) is 0 Å². The summed E-state index contributed by atoms with van der Waals surface area (Å²) in [5, 5.41) is 14.8. The van der Waals surface area contributed by atoms with Gasteiger partial charge in [0.25, 0.3) is 0 Å². The molecule has 3 N–H and O–H groups in total. The fraction of sp³-hybridized carbons (Fsp3) is 0.393. The van der Waals surface area contributed by atoms with Gasteiger partial charge in [-0.2, -0.15) is 5.21 Å². The van der Waals surface area contributed by atoms with Crippen molar-refractivity contribution in [2.75, 3.05) is 0 Å². The molecule has 0 aliphatic heterocycles. The van der Waals surface area contributed by atoms with Gasteiger partial charge in [0.15, 0.2) is 5.15 Å². The molecule has 0 unspecified atom stereocenters. The molecule has 4 rings (SSSR count). The summed E-state index contributed by atoms with van der Waals surface area (Å²) in [6.45, 7) is 6.76. The van der Waals surface area contributed by atoms with Crippen molar-refractivity contribution in [1.82, 2.24) is 30.2 Å². The normalized spacial score (nSPS) is 12.2. The molecule has 9 nitrogen and oxygen atoms in total. The van der Waals surface area contributed by atoms with Crippen molar-refractivity contribution in [2.45, 2.75) is 65.6 Å². The van der Waals surface area contributed by atoms with Gasteiger partial charge in [0.05, 0.1) is 5.69 Å². The molecular formula is C28H34ClN7O2. The summed E-state index contributed by atoms with van der Waals surface area (Å²) in [6.07, 6.45) is 3.37. The van der Waals surface area contributed by atoms with Crippen molar-refractivity contribution in [3.05, 3.63) is 70.8 Å². The van der Waals surface area contributed by atoms with Gasteiger partial charge in [-0.3, -0.25) is 4.79 Å². The monoisotopic (exact) mass is 535 g/mol. The van der Waals surface area contributed by atoms with Crippen LogP contribution in [0.1, 0.15) is 57.1 Å². The first kappa shape index (κ1) is 27.5. The van der Waals surface area contributed by atoms with E-state index in [0.29, 0.717) is 35.6 Å². The van der Waals surface area contributed by atoms with Gasteiger partial charge in [-0.25, -0.2) is 4.98 Å². The van der Waals surface area contributed by atoms with Crippen LogP contribution in [0.3, 0.4) is 0 Å². The molecular weight excluding hydrogens is 502 g/mol. The average Bonchev–Trinajstić information content (AvgIpc) is 3.54. The Morgan fingerprint density at radius 2 is 1.87 bits per heavy atom. The molecule has 2 aromatic heterocycles. The van der Waals surface area contributed by atoms with E-state index in [4.69, 9.17) is 22.1 Å². The molecule has 38 heavy (non-hydrogen) atoms. The van der Waals surface area contributed by atoms with Crippen LogP contribution in [0, 0.1) is 5.92 Å². The van der Waals surface area contributed by atoms with Crippen LogP contribution in [0.25, 0.3) is 22.5 Å². The Labute approximate surface area is 227 Å². The summed E-state index contributed by atoms with van der Waals surface area (Å²) in [6, 6.07) is 15.6. The molecule has 0 bridgehead atoms. The number of unbranched alkanes of at least 4 members (excludes halogenated alkanes) is 1. The van der Waals surface area contributed by atoms with Crippen LogP contribution in [0.2, 0.25) is 5.15 Å². The number of aryl methyl sites for hydroxylation is 1. The van der Waals surface area contributed by atoms with Crippen LogP contribution in [0.5, 0.6) is 0 Å². The zero-order chi connectivity index (χ0) is 27.1. The lowest BCUT2D eigenvalue weighted by molar-refractivity contribution is -0.147. The number of aromatic nitrogens is 6. The lowest BCUT2D eigenvalue weighted by Gasteiger charge is -2.16. The smallest absolute Gasteiger partial charge is 0.323 e. The fourth-order valence-corrected chi connectivity index (χ4v) is 4.64. The fourth-order valence-electron chi connectivity index (χ4n) is 4.38. The van der Waals surface area contributed by atoms with Gasteiger partial charge < -0.3 is 15.0 Å². The van der Waals surface area contributed by atoms with E-state index in [1.54, 1.807) is 0 Å². The third-order valence-corrected chi connectivity index (χ3v) is 6.66. The molecule has 0 spiro atoms. The predicted octanol–water partition coefficient (Wildman–Crippen LogP) is 5.19. The Kier molecular flexibility index (Phi) is 9.25. The van der Waals surface area contributed by atoms with Crippen LogP contribution in [-0.2, 0) is 29.1 Å². The largest absolute Gasteiger partial charge is 0.458 e. The number of imidazole rings is 1. The van der Waals surface area contributed by atoms with Gasteiger partial charge in [-0.15, -0.1) is 10.2 Å². The Balaban J connectivity index is 1.56. The molecule has 0 aliphatic rings. The molecule has 10 heteroatoms. The van der Waals surface area contributed by atoms with E-state index >= 15 is 0 Å². The summed E-state index contributed by atoms with van der Waals surface area (Å²) in [7, 11) is 0. The van der Waals surface area contributed by atoms with Crippen LogP contribution in [-0.4, -0.2) is 42.2 Å². The molecule has 200 valence electrons. The molecule has 0 saturated carbocycles. The maximum Gasteiger partial charge on any atom is 0.323 e. The van der Waals surface area contributed by atoms with E-state index in [-0.39, 0.29) is 6.61 Å². The zero-order valence-electron chi connectivity index (χ0n) is 22.0. The predicted molar refractivity (Wildman–Crippen MR) is 147 cm³/mol. The molecule has 0 aliphatic carbocycles. The number of tetrazole rings is 1. The second-order valence-corrected chi connectivity index (χ2v) is 10.1. The number of nitrogens with zero attached hydrogens (tertiary/aromatic N) is 5. The van der Waals surface area contributed by atoms with Crippen molar-refractivity contribution in [3.8, 4) is 22.5 Å². The number of rotatable bonds is 12. The van der Waals surface area contributed by atoms with Crippen molar-refractivity contribution in [1.29, 1.82) is 0 Å². The number of aromatic amines is 1. The molecule has 2 heterocycles. The number of nitrogens with two attached hydrogens (primary N) is 1. The van der Waals surface area contributed by atoms with Crippen LogP contribution >= 0.6 is 11.6 Å². The number of esters is 1. The van der Waals surface area contributed by atoms with Crippen molar-refractivity contribution in [3.63, 3.8) is 0 Å². The lowest BCUT2D eigenvalue weighted by Crippen LogP contribution is -2.33. The van der Waals surface area contributed by atoms with E-state index < -0.39 is 12.0 Å². The number of ether oxygens (including phenoxy) is 1. The van der Waals surface area contributed by atoms with Crippen LogP contribution in [0.15, 0.2) is 48.5 Å². The molecule has 4 aromatic rings. The highest BCUT2D eigenvalue weighted by molar-refractivity contribution is 6.30. The molecule has 0 amide bonds. The van der Waals surface area contributed by atoms with E-state index in [1.165, 1.54) is 0 Å². The molecule has 0 saturated heterocycles. The standard InChI is InChI=1S/C28H34ClN7O2/c1-4-5-10-25-31-26(29)24(17-38-28(37)23(30)15-18(2)3)36(25)16-19-11-13-20(14-12-19)21-8-6-7-9-22(21)27-32-34-35-33-27/h6-9,11-14,18,23H,4-5,10,15-17,30H2,1-3H3,(H,32,33,34,35)/t23-/m0/s1. The zero-order valence-corrected chi connectivity index (χ0v) is 22.8.